The quantitative estimate of drug-likeness (QED) is 0.587. The molecule has 0 saturated carbocycles. The average Bonchev–Trinajstić information content (AvgIpc) is 2.45. The van der Waals surface area contributed by atoms with Crippen molar-refractivity contribution in [2.75, 3.05) is 27.2 Å². The molecule has 0 bridgehead atoms. The Morgan fingerprint density at radius 1 is 1.43 bits per heavy atom. The minimum Gasteiger partial charge on any atom is -0.488 e. The molecule has 1 aromatic carbocycles. The van der Waals surface area contributed by atoms with Crippen LogP contribution in [0.5, 0.6) is 5.75 Å². The molecular weight excluding hydrogens is 329 g/mol. The molecule has 0 radical (unpaired) electrons. The smallest absolute Gasteiger partial charge is 0.315 e. The maximum Gasteiger partial charge on any atom is 0.315 e. The molecule has 2 N–H and O–H groups in total. The summed E-state index contributed by atoms with van der Waals surface area (Å²) in [6.45, 7) is 3.86. The lowest BCUT2D eigenvalue weighted by molar-refractivity contribution is -0.386. The van der Waals surface area contributed by atoms with Crippen LogP contribution in [0.4, 0.5) is 10.1 Å². The van der Waals surface area contributed by atoms with Crippen LogP contribution in [0.3, 0.4) is 0 Å². The van der Waals surface area contributed by atoms with Crippen LogP contribution in [-0.4, -0.2) is 44.9 Å². The predicted molar refractivity (Wildman–Crippen MR) is 82.3 cm³/mol. The van der Waals surface area contributed by atoms with Gasteiger partial charge in [-0.25, -0.2) is 17.1 Å². The number of nitro groups is 1. The fourth-order valence-corrected chi connectivity index (χ4v) is 3.37. The van der Waals surface area contributed by atoms with Gasteiger partial charge in [-0.05, 0) is 18.0 Å². The highest BCUT2D eigenvalue weighted by atomic mass is 32.2. The average molecular weight is 349 g/mol. The SMILES string of the molecule is COc1c(F)cc(S(=O)(=O)N(C)CC(C)(C)CN)cc1[N+](=O)[O-]. The lowest BCUT2D eigenvalue weighted by atomic mass is 9.94. The molecule has 0 aliphatic carbocycles. The molecular formula is C13H20FN3O5S. The summed E-state index contributed by atoms with van der Waals surface area (Å²) in [5.74, 6) is -1.73. The molecule has 130 valence electrons. The third-order valence-electron chi connectivity index (χ3n) is 3.31. The molecule has 0 spiro atoms. The van der Waals surface area contributed by atoms with Crippen molar-refractivity contribution in [2.45, 2.75) is 18.7 Å². The number of sulfonamides is 1. The minimum absolute atomic E-state index is 0.0767. The summed E-state index contributed by atoms with van der Waals surface area (Å²) in [4.78, 5) is 9.58. The van der Waals surface area contributed by atoms with Crippen molar-refractivity contribution in [3.63, 3.8) is 0 Å². The minimum atomic E-state index is -4.11. The zero-order chi connectivity index (χ0) is 18.0. The number of methoxy groups -OCH3 is 1. The van der Waals surface area contributed by atoms with E-state index in [4.69, 9.17) is 5.73 Å². The number of rotatable bonds is 7. The highest BCUT2D eigenvalue weighted by Gasteiger charge is 2.31. The van der Waals surface area contributed by atoms with Gasteiger partial charge < -0.3 is 10.5 Å². The van der Waals surface area contributed by atoms with Gasteiger partial charge >= 0.3 is 5.69 Å². The van der Waals surface area contributed by atoms with Crippen LogP contribution in [0.25, 0.3) is 0 Å². The third kappa shape index (κ3) is 4.15. The topological polar surface area (TPSA) is 116 Å². The van der Waals surface area contributed by atoms with Gasteiger partial charge in [0.25, 0.3) is 0 Å². The Bertz CT molecular complexity index is 706. The first-order chi connectivity index (χ1) is 10.5. The highest BCUT2D eigenvalue weighted by Crippen LogP contribution is 2.33. The summed E-state index contributed by atoms with van der Waals surface area (Å²) in [7, 11) is -1.74. The van der Waals surface area contributed by atoms with Crippen LogP contribution >= 0.6 is 0 Å². The number of nitrogens with zero attached hydrogens (tertiary/aromatic N) is 2. The van der Waals surface area contributed by atoms with Gasteiger partial charge in [-0.1, -0.05) is 13.8 Å². The predicted octanol–water partition coefficient (Wildman–Crippen LogP) is 1.35. The van der Waals surface area contributed by atoms with Crippen molar-refractivity contribution >= 4 is 15.7 Å². The van der Waals surface area contributed by atoms with Crippen LogP contribution < -0.4 is 10.5 Å². The van der Waals surface area contributed by atoms with E-state index in [1.54, 1.807) is 13.8 Å². The lowest BCUT2D eigenvalue weighted by Gasteiger charge is -2.28. The number of halogens is 1. The molecule has 1 aromatic rings. The molecule has 0 fully saturated rings. The molecule has 0 amide bonds. The van der Waals surface area contributed by atoms with E-state index in [0.717, 1.165) is 17.5 Å². The third-order valence-corrected chi connectivity index (χ3v) is 5.09. The van der Waals surface area contributed by atoms with Gasteiger partial charge in [0.05, 0.1) is 16.9 Å². The number of hydrogen-bond donors (Lipinski definition) is 1. The summed E-state index contributed by atoms with van der Waals surface area (Å²) >= 11 is 0. The molecule has 0 aromatic heterocycles. The molecule has 0 atom stereocenters. The van der Waals surface area contributed by atoms with Crippen molar-refractivity contribution in [1.29, 1.82) is 0 Å². The van der Waals surface area contributed by atoms with E-state index in [1.807, 2.05) is 0 Å². The summed E-state index contributed by atoms with van der Waals surface area (Å²) in [6, 6.07) is 1.48. The molecule has 0 saturated heterocycles. The number of hydrogen-bond acceptors (Lipinski definition) is 6. The molecule has 0 aliphatic rings. The van der Waals surface area contributed by atoms with Gasteiger partial charge in [0.1, 0.15) is 0 Å². The van der Waals surface area contributed by atoms with Crippen molar-refractivity contribution in [3.8, 4) is 5.75 Å². The molecule has 0 heterocycles. The largest absolute Gasteiger partial charge is 0.488 e. The Labute approximate surface area is 134 Å². The van der Waals surface area contributed by atoms with E-state index in [2.05, 4.69) is 4.74 Å². The Morgan fingerprint density at radius 2 is 2.00 bits per heavy atom. The second-order valence-corrected chi connectivity index (χ2v) is 7.89. The Balaban J connectivity index is 3.37. The van der Waals surface area contributed by atoms with E-state index in [0.29, 0.717) is 6.07 Å². The molecule has 0 aliphatic heterocycles. The van der Waals surface area contributed by atoms with Gasteiger partial charge in [0.15, 0.2) is 5.82 Å². The molecule has 1 rings (SSSR count). The maximum atomic E-state index is 13.9. The lowest BCUT2D eigenvalue weighted by Crippen LogP contribution is -2.39. The summed E-state index contributed by atoms with van der Waals surface area (Å²) in [6.07, 6.45) is 0. The van der Waals surface area contributed by atoms with Crippen LogP contribution in [0.2, 0.25) is 0 Å². The first-order valence-corrected chi connectivity index (χ1v) is 8.08. The first-order valence-electron chi connectivity index (χ1n) is 6.64. The Morgan fingerprint density at radius 3 is 2.43 bits per heavy atom. The summed E-state index contributed by atoms with van der Waals surface area (Å²) in [5, 5.41) is 11.0. The van der Waals surface area contributed by atoms with Crippen molar-refractivity contribution in [1.82, 2.24) is 4.31 Å². The first kappa shape index (κ1) is 19.3. The van der Waals surface area contributed by atoms with Crippen LogP contribution in [0, 0.1) is 21.3 Å². The normalized spacial score (nSPS) is 12.5. The number of benzene rings is 1. The van der Waals surface area contributed by atoms with E-state index >= 15 is 0 Å². The molecule has 23 heavy (non-hydrogen) atoms. The Kier molecular flexibility index (Phi) is 5.67. The van der Waals surface area contributed by atoms with Crippen molar-refractivity contribution in [3.05, 3.63) is 28.1 Å². The van der Waals surface area contributed by atoms with Crippen LogP contribution in [0.1, 0.15) is 13.8 Å². The van der Waals surface area contributed by atoms with Crippen LogP contribution in [0.15, 0.2) is 17.0 Å². The molecule has 8 nitrogen and oxygen atoms in total. The standard InChI is InChI=1S/C13H20FN3O5S/c1-13(2,7-15)8-16(3)23(20,21)9-5-10(14)12(22-4)11(6-9)17(18)19/h5-6H,7-8,15H2,1-4H3. The van der Waals surface area contributed by atoms with Gasteiger partial charge in [-0.3, -0.25) is 10.1 Å². The zero-order valence-corrected chi connectivity index (χ0v) is 14.2. The summed E-state index contributed by atoms with van der Waals surface area (Å²) < 4.78 is 44.6. The second-order valence-electron chi connectivity index (χ2n) is 5.84. The summed E-state index contributed by atoms with van der Waals surface area (Å²) in [5.41, 5.74) is 4.32. The fraction of sp³-hybridized carbons (Fsp3) is 0.538. The fourth-order valence-electron chi connectivity index (χ4n) is 1.97. The maximum absolute atomic E-state index is 13.9. The van der Waals surface area contributed by atoms with Crippen molar-refractivity contribution in [2.24, 2.45) is 11.1 Å². The number of nitrogens with two attached hydrogens (primary N) is 1. The monoisotopic (exact) mass is 349 g/mol. The van der Waals surface area contributed by atoms with E-state index in [-0.39, 0.29) is 13.1 Å². The van der Waals surface area contributed by atoms with Gasteiger partial charge in [0.2, 0.25) is 15.8 Å². The number of ether oxygens (including phenoxy) is 1. The second kappa shape index (κ2) is 6.77. The zero-order valence-electron chi connectivity index (χ0n) is 13.4. The van der Waals surface area contributed by atoms with E-state index in [1.165, 1.54) is 7.05 Å². The highest BCUT2D eigenvalue weighted by molar-refractivity contribution is 7.89. The van der Waals surface area contributed by atoms with Gasteiger partial charge in [0, 0.05) is 19.7 Å². The van der Waals surface area contributed by atoms with Crippen molar-refractivity contribution < 1.29 is 22.5 Å². The number of nitro benzene ring substituents is 1. The van der Waals surface area contributed by atoms with E-state index in [9.17, 15) is 22.9 Å². The van der Waals surface area contributed by atoms with Gasteiger partial charge in [-0.15, -0.1) is 0 Å². The Hall–Kier alpha value is -1.78. The molecule has 0 unspecified atom stereocenters. The van der Waals surface area contributed by atoms with Crippen LogP contribution in [-0.2, 0) is 10.0 Å². The van der Waals surface area contributed by atoms with E-state index < -0.39 is 42.5 Å². The molecule has 10 heteroatoms. The van der Waals surface area contributed by atoms with Gasteiger partial charge in [-0.2, -0.15) is 0 Å².